The van der Waals surface area contributed by atoms with Crippen LogP contribution in [0.5, 0.6) is 5.75 Å². The van der Waals surface area contributed by atoms with E-state index in [0.717, 1.165) is 27.9 Å². The first-order valence-electron chi connectivity index (χ1n) is 6.56. The Hall–Kier alpha value is -2.49. The lowest BCUT2D eigenvalue weighted by atomic mass is 10.1. The van der Waals surface area contributed by atoms with E-state index in [4.69, 9.17) is 4.74 Å². The van der Waals surface area contributed by atoms with Crippen molar-refractivity contribution in [1.29, 1.82) is 0 Å². The van der Waals surface area contributed by atoms with Gasteiger partial charge in [0.25, 0.3) is 0 Å². The average Bonchev–Trinajstić information content (AvgIpc) is 2.47. The second-order valence-electron chi connectivity index (χ2n) is 4.81. The van der Waals surface area contributed by atoms with E-state index >= 15 is 0 Å². The van der Waals surface area contributed by atoms with Crippen LogP contribution in [0.2, 0.25) is 0 Å². The van der Waals surface area contributed by atoms with Gasteiger partial charge in [-0.05, 0) is 32.0 Å². The summed E-state index contributed by atoms with van der Waals surface area (Å²) in [5.74, 6) is 0.836. The van der Waals surface area contributed by atoms with Gasteiger partial charge in [0.05, 0.1) is 17.3 Å². The number of fused-ring (bicyclic) bond motifs is 1. The summed E-state index contributed by atoms with van der Waals surface area (Å²) in [5.41, 5.74) is 2.71. The number of para-hydroxylation sites is 1. The number of ether oxygens (including phenoxy) is 1. The van der Waals surface area contributed by atoms with E-state index < -0.39 is 0 Å². The lowest BCUT2D eigenvalue weighted by Gasteiger charge is -2.13. The summed E-state index contributed by atoms with van der Waals surface area (Å²) in [7, 11) is 0. The number of aromatic nitrogens is 3. The summed E-state index contributed by atoms with van der Waals surface area (Å²) in [5, 5.41) is 0.929. The van der Waals surface area contributed by atoms with Crippen LogP contribution in [-0.2, 0) is 0 Å². The van der Waals surface area contributed by atoms with Crippen molar-refractivity contribution in [2.45, 2.75) is 20.0 Å². The maximum absolute atomic E-state index is 5.84. The normalized spacial score (nSPS) is 10.9. The Bertz CT molecular complexity index is 740. The van der Waals surface area contributed by atoms with Crippen LogP contribution in [0.3, 0.4) is 0 Å². The van der Waals surface area contributed by atoms with Crippen LogP contribution >= 0.6 is 0 Å². The Balaban J connectivity index is 2.10. The summed E-state index contributed by atoms with van der Waals surface area (Å²) in [6.07, 6.45) is 5.22. The molecule has 2 heterocycles. The van der Waals surface area contributed by atoms with Gasteiger partial charge in [-0.2, -0.15) is 0 Å². The fraction of sp³-hybridized carbons (Fsp3) is 0.188. The van der Waals surface area contributed by atoms with E-state index in [-0.39, 0.29) is 6.10 Å². The van der Waals surface area contributed by atoms with Crippen molar-refractivity contribution in [3.8, 4) is 17.0 Å². The minimum Gasteiger partial charge on any atom is -0.490 e. The molecule has 0 bridgehead atoms. The molecule has 100 valence electrons. The largest absolute Gasteiger partial charge is 0.490 e. The fourth-order valence-electron chi connectivity index (χ4n) is 2.06. The molecular weight excluding hydrogens is 250 g/mol. The minimum absolute atomic E-state index is 0.124. The van der Waals surface area contributed by atoms with E-state index in [1.807, 2.05) is 44.2 Å². The zero-order valence-corrected chi connectivity index (χ0v) is 11.4. The lowest BCUT2D eigenvalue weighted by Crippen LogP contribution is -2.06. The molecule has 3 aromatic rings. The Morgan fingerprint density at radius 1 is 1.05 bits per heavy atom. The molecule has 0 radical (unpaired) electrons. The molecule has 0 spiro atoms. The third-order valence-corrected chi connectivity index (χ3v) is 2.91. The van der Waals surface area contributed by atoms with E-state index in [9.17, 15) is 0 Å². The van der Waals surface area contributed by atoms with Gasteiger partial charge < -0.3 is 4.74 Å². The molecule has 0 atom stereocenters. The van der Waals surface area contributed by atoms with Crippen LogP contribution in [0.15, 0.2) is 49.1 Å². The Kier molecular flexibility index (Phi) is 3.29. The Labute approximate surface area is 117 Å². The SMILES string of the molecule is CC(C)Oc1ccccc1-c1cc2ncncc2cn1. The molecule has 0 saturated carbocycles. The molecule has 2 aromatic heterocycles. The van der Waals surface area contributed by atoms with Crippen LogP contribution < -0.4 is 4.74 Å². The van der Waals surface area contributed by atoms with Gasteiger partial charge in [-0.3, -0.25) is 4.98 Å². The molecule has 4 heteroatoms. The summed E-state index contributed by atoms with van der Waals surface area (Å²) in [6.45, 7) is 4.02. The van der Waals surface area contributed by atoms with Gasteiger partial charge in [0.1, 0.15) is 12.1 Å². The van der Waals surface area contributed by atoms with Crippen molar-refractivity contribution in [1.82, 2.24) is 15.0 Å². The molecule has 4 nitrogen and oxygen atoms in total. The highest BCUT2D eigenvalue weighted by molar-refractivity contribution is 5.82. The van der Waals surface area contributed by atoms with Crippen LogP contribution in [0, 0.1) is 0 Å². The smallest absolute Gasteiger partial charge is 0.129 e. The molecule has 0 amide bonds. The second kappa shape index (κ2) is 5.25. The van der Waals surface area contributed by atoms with E-state index in [0.29, 0.717) is 0 Å². The molecule has 3 rings (SSSR count). The van der Waals surface area contributed by atoms with Crippen molar-refractivity contribution in [2.24, 2.45) is 0 Å². The standard InChI is InChI=1S/C16H15N3O/c1-11(2)20-16-6-4-3-5-13(16)15-7-14-12(9-18-15)8-17-10-19-14/h3-11H,1-2H3. The van der Waals surface area contributed by atoms with Gasteiger partial charge in [-0.25, -0.2) is 9.97 Å². The third kappa shape index (κ3) is 2.45. The Morgan fingerprint density at radius 2 is 1.90 bits per heavy atom. The van der Waals surface area contributed by atoms with Gasteiger partial charge in [0.2, 0.25) is 0 Å². The monoisotopic (exact) mass is 265 g/mol. The van der Waals surface area contributed by atoms with Gasteiger partial charge in [-0.1, -0.05) is 12.1 Å². The molecule has 0 aliphatic rings. The average molecular weight is 265 g/mol. The van der Waals surface area contributed by atoms with Crippen molar-refractivity contribution in [3.63, 3.8) is 0 Å². The maximum atomic E-state index is 5.84. The molecule has 0 aliphatic heterocycles. The highest BCUT2D eigenvalue weighted by Gasteiger charge is 2.09. The van der Waals surface area contributed by atoms with Crippen molar-refractivity contribution in [3.05, 3.63) is 49.1 Å². The third-order valence-electron chi connectivity index (χ3n) is 2.91. The van der Waals surface area contributed by atoms with Crippen molar-refractivity contribution in [2.75, 3.05) is 0 Å². The van der Waals surface area contributed by atoms with Gasteiger partial charge >= 0.3 is 0 Å². The Morgan fingerprint density at radius 3 is 2.75 bits per heavy atom. The first kappa shape index (κ1) is 12.5. The predicted molar refractivity (Wildman–Crippen MR) is 78.5 cm³/mol. The zero-order chi connectivity index (χ0) is 13.9. The molecular formula is C16H15N3O. The number of pyridine rings is 1. The number of benzene rings is 1. The molecule has 0 saturated heterocycles. The number of hydrogen-bond donors (Lipinski definition) is 0. The van der Waals surface area contributed by atoms with E-state index in [2.05, 4.69) is 15.0 Å². The van der Waals surface area contributed by atoms with Crippen LogP contribution in [0.1, 0.15) is 13.8 Å². The predicted octanol–water partition coefficient (Wildman–Crippen LogP) is 3.48. The highest BCUT2D eigenvalue weighted by Crippen LogP contribution is 2.30. The fourth-order valence-corrected chi connectivity index (χ4v) is 2.06. The molecule has 0 aliphatic carbocycles. The van der Waals surface area contributed by atoms with Crippen molar-refractivity contribution < 1.29 is 4.74 Å². The van der Waals surface area contributed by atoms with Crippen LogP contribution in [0.4, 0.5) is 0 Å². The molecule has 20 heavy (non-hydrogen) atoms. The quantitative estimate of drug-likeness (QED) is 0.727. The molecule has 0 N–H and O–H groups in total. The second-order valence-corrected chi connectivity index (χ2v) is 4.81. The summed E-state index contributed by atoms with van der Waals surface area (Å²) < 4.78 is 5.84. The zero-order valence-electron chi connectivity index (χ0n) is 11.4. The van der Waals surface area contributed by atoms with E-state index in [1.54, 1.807) is 18.7 Å². The summed E-state index contributed by atoms with van der Waals surface area (Å²) in [4.78, 5) is 12.7. The van der Waals surface area contributed by atoms with Gasteiger partial charge in [0.15, 0.2) is 0 Å². The number of nitrogens with zero attached hydrogens (tertiary/aromatic N) is 3. The van der Waals surface area contributed by atoms with Gasteiger partial charge in [0, 0.05) is 23.3 Å². The summed E-state index contributed by atoms with van der Waals surface area (Å²) in [6, 6.07) is 9.87. The van der Waals surface area contributed by atoms with Crippen LogP contribution in [-0.4, -0.2) is 21.1 Å². The first-order chi connectivity index (χ1) is 9.74. The highest BCUT2D eigenvalue weighted by atomic mass is 16.5. The minimum atomic E-state index is 0.124. The topological polar surface area (TPSA) is 47.9 Å². The van der Waals surface area contributed by atoms with Crippen molar-refractivity contribution >= 4 is 10.9 Å². The first-order valence-corrected chi connectivity index (χ1v) is 6.56. The van der Waals surface area contributed by atoms with Gasteiger partial charge in [-0.15, -0.1) is 0 Å². The number of hydrogen-bond acceptors (Lipinski definition) is 4. The maximum Gasteiger partial charge on any atom is 0.129 e. The summed E-state index contributed by atoms with van der Waals surface area (Å²) >= 11 is 0. The molecule has 0 unspecified atom stereocenters. The molecule has 0 fully saturated rings. The number of rotatable bonds is 3. The lowest BCUT2D eigenvalue weighted by molar-refractivity contribution is 0.243. The van der Waals surface area contributed by atoms with Crippen LogP contribution in [0.25, 0.3) is 22.2 Å². The molecule has 1 aromatic carbocycles. The van der Waals surface area contributed by atoms with E-state index in [1.165, 1.54) is 0 Å².